The van der Waals surface area contributed by atoms with Crippen LogP contribution in [0.4, 0.5) is 10.5 Å². The molecule has 0 aromatic heterocycles. The van der Waals surface area contributed by atoms with Crippen LogP contribution in [0.25, 0.3) is 0 Å². The maximum atomic E-state index is 12.4. The maximum absolute atomic E-state index is 12.4. The number of piperidine rings is 1. The minimum Gasteiger partial charge on any atom is -0.434 e. The number of hydrogen-bond acceptors (Lipinski definition) is 5. The summed E-state index contributed by atoms with van der Waals surface area (Å²) in [6, 6.07) is 14.3. The van der Waals surface area contributed by atoms with Crippen LogP contribution in [0, 0.1) is 5.92 Å². The van der Waals surface area contributed by atoms with E-state index in [-0.39, 0.29) is 12.5 Å². The third-order valence-corrected chi connectivity index (χ3v) is 5.07. The summed E-state index contributed by atoms with van der Waals surface area (Å²) in [4.78, 5) is 26.2. The van der Waals surface area contributed by atoms with Gasteiger partial charge in [0.05, 0.1) is 6.61 Å². The fraction of sp³-hybridized carbons (Fsp3) is 0.391. The van der Waals surface area contributed by atoms with Crippen LogP contribution in [0.3, 0.4) is 0 Å². The summed E-state index contributed by atoms with van der Waals surface area (Å²) in [5.74, 6) is 0.941. The van der Waals surface area contributed by atoms with E-state index in [0.29, 0.717) is 11.3 Å². The van der Waals surface area contributed by atoms with Crippen molar-refractivity contribution in [2.75, 3.05) is 25.0 Å². The molecule has 1 N–H and O–H groups in total. The van der Waals surface area contributed by atoms with Gasteiger partial charge in [-0.15, -0.1) is 0 Å². The standard InChI is InChI=1S/C23H28N2O4/c1-3-28-23(27)29-21-10-6-19(7-11-21)22(26)24-20-8-4-18(5-9-20)16-25-14-12-17(2)13-15-25/h4-11,17H,3,12-16H2,1-2H3,(H,24,26). The monoisotopic (exact) mass is 396 g/mol. The predicted octanol–water partition coefficient (Wildman–Crippen LogP) is 4.71. The third kappa shape index (κ3) is 6.32. The van der Waals surface area contributed by atoms with E-state index in [9.17, 15) is 9.59 Å². The summed E-state index contributed by atoms with van der Waals surface area (Å²) in [6.07, 6.45) is 1.76. The predicted molar refractivity (Wildman–Crippen MR) is 112 cm³/mol. The molecule has 1 heterocycles. The summed E-state index contributed by atoms with van der Waals surface area (Å²) in [5, 5.41) is 2.89. The average Bonchev–Trinajstić information content (AvgIpc) is 2.72. The van der Waals surface area contributed by atoms with E-state index in [1.165, 1.54) is 18.4 Å². The van der Waals surface area contributed by atoms with Crippen molar-refractivity contribution < 1.29 is 19.1 Å². The zero-order valence-electron chi connectivity index (χ0n) is 17.0. The van der Waals surface area contributed by atoms with E-state index in [2.05, 4.69) is 29.3 Å². The van der Waals surface area contributed by atoms with Crippen molar-refractivity contribution >= 4 is 17.7 Å². The van der Waals surface area contributed by atoms with E-state index in [4.69, 9.17) is 9.47 Å². The van der Waals surface area contributed by atoms with E-state index in [0.717, 1.165) is 31.2 Å². The maximum Gasteiger partial charge on any atom is 0.513 e. The first-order chi connectivity index (χ1) is 14.0. The molecule has 0 bridgehead atoms. The zero-order chi connectivity index (χ0) is 20.6. The summed E-state index contributed by atoms with van der Waals surface area (Å²) in [5.41, 5.74) is 2.48. The molecule has 2 aromatic rings. The number of ether oxygens (including phenoxy) is 2. The molecule has 0 radical (unpaired) electrons. The fourth-order valence-electron chi connectivity index (χ4n) is 3.29. The third-order valence-electron chi connectivity index (χ3n) is 5.07. The molecule has 0 saturated carbocycles. The zero-order valence-corrected chi connectivity index (χ0v) is 17.0. The van der Waals surface area contributed by atoms with Crippen LogP contribution < -0.4 is 10.1 Å². The van der Waals surface area contributed by atoms with Gasteiger partial charge in [0.15, 0.2) is 0 Å². The summed E-state index contributed by atoms with van der Waals surface area (Å²) in [7, 11) is 0. The van der Waals surface area contributed by atoms with Crippen molar-refractivity contribution in [2.24, 2.45) is 5.92 Å². The Morgan fingerprint density at radius 2 is 1.69 bits per heavy atom. The number of nitrogens with zero attached hydrogens (tertiary/aromatic N) is 1. The molecular formula is C23H28N2O4. The Balaban J connectivity index is 1.51. The smallest absolute Gasteiger partial charge is 0.434 e. The molecule has 6 nitrogen and oxygen atoms in total. The van der Waals surface area contributed by atoms with Crippen molar-refractivity contribution in [3.8, 4) is 5.75 Å². The summed E-state index contributed by atoms with van der Waals surface area (Å²) >= 11 is 0. The highest BCUT2D eigenvalue weighted by atomic mass is 16.7. The summed E-state index contributed by atoms with van der Waals surface area (Å²) in [6.45, 7) is 7.51. The van der Waals surface area contributed by atoms with E-state index in [1.807, 2.05) is 12.1 Å². The van der Waals surface area contributed by atoms with Crippen molar-refractivity contribution in [3.63, 3.8) is 0 Å². The number of hydrogen-bond donors (Lipinski definition) is 1. The second-order valence-corrected chi connectivity index (χ2v) is 7.42. The molecule has 1 amide bonds. The highest BCUT2D eigenvalue weighted by molar-refractivity contribution is 6.04. The minimum absolute atomic E-state index is 0.217. The molecule has 3 rings (SSSR count). The summed E-state index contributed by atoms with van der Waals surface area (Å²) < 4.78 is 9.71. The van der Waals surface area contributed by atoms with Crippen LogP contribution in [0.2, 0.25) is 0 Å². The second kappa shape index (κ2) is 10.1. The highest BCUT2D eigenvalue weighted by Gasteiger charge is 2.15. The molecule has 0 unspecified atom stereocenters. The first kappa shape index (κ1) is 20.9. The van der Waals surface area contributed by atoms with Crippen LogP contribution in [0.1, 0.15) is 42.6 Å². The first-order valence-corrected chi connectivity index (χ1v) is 10.1. The van der Waals surface area contributed by atoms with Gasteiger partial charge in [-0.25, -0.2) is 4.79 Å². The molecule has 2 aromatic carbocycles. The van der Waals surface area contributed by atoms with Crippen molar-refractivity contribution in [1.82, 2.24) is 4.90 Å². The molecule has 6 heteroatoms. The molecular weight excluding hydrogens is 368 g/mol. The normalized spacial score (nSPS) is 15.0. The Bertz CT molecular complexity index is 810. The van der Waals surface area contributed by atoms with Crippen molar-refractivity contribution in [2.45, 2.75) is 33.2 Å². The Morgan fingerprint density at radius 1 is 1.03 bits per heavy atom. The van der Waals surface area contributed by atoms with Gasteiger partial charge in [0, 0.05) is 17.8 Å². The molecule has 1 fully saturated rings. The van der Waals surface area contributed by atoms with Gasteiger partial charge < -0.3 is 14.8 Å². The van der Waals surface area contributed by atoms with Crippen LogP contribution in [0.5, 0.6) is 5.75 Å². The van der Waals surface area contributed by atoms with Gasteiger partial charge in [0.25, 0.3) is 5.91 Å². The lowest BCUT2D eigenvalue weighted by Crippen LogP contribution is -2.32. The fourth-order valence-corrected chi connectivity index (χ4v) is 3.29. The van der Waals surface area contributed by atoms with Gasteiger partial charge in [0.1, 0.15) is 5.75 Å². The molecule has 0 aliphatic carbocycles. The molecule has 1 aliphatic heterocycles. The van der Waals surface area contributed by atoms with Crippen LogP contribution in [-0.4, -0.2) is 36.7 Å². The largest absolute Gasteiger partial charge is 0.513 e. The topological polar surface area (TPSA) is 67.9 Å². The van der Waals surface area contributed by atoms with Gasteiger partial charge in [-0.1, -0.05) is 19.1 Å². The van der Waals surface area contributed by atoms with Crippen LogP contribution in [-0.2, 0) is 11.3 Å². The Labute approximate surface area is 171 Å². The van der Waals surface area contributed by atoms with Gasteiger partial charge in [0.2, 0.25) is 0 Å². The number of nitrogens with one attached hydrogen (secondary N) is 1. The Morgan fingerprint density at radius 3 is 2.31 bits per heavy atom. The molecule has 0 atom stereocenters. The first-order valence-electron chi connectivity index (χ1n) is 10.1. The molecule has 29 heavy (non-hydrogen) atoms. The van der Waals surface area contributed by atoms with Crippen molar-refractivity contribution in [3.05, 3.63) is 59.7 Å². The number of anilines is 1. The number of rotatable bonds is 6. The SMILES string of the molecule is CCOC(=O)Oc1ccc(C(=O)Nc2ccc(CN3CCC(C)CC3)cc2)cc1. The van der Waals surface area contributed by atoms with Gasteiger partial charge >= 0.3 is 6.16 Å². The van der Waals surface area contributed by atoms with Crippen molar-refractivity contribution in [1.29, 1.82) is 0 Å². The van der Waals surface area contributed by atoms with Gasteiger partial charge in [-0.05, 0) is 80.7 Å². The van der Waals surface area contributed by atoms with Crippen LogP contribution >= 0.6 is 0 Å². The number of carbonyl (C=O) groups excluding carboxylic acids is 2. The highest BCUT2D eigenvalue weighted by Crippen LogP contribution is 2.19. The average molecular weight is 396 g/mol. The lowest BCUT2D eigenvalue weighted by atomic mass is 9.99. The quantitative estimate of drug-likeness (QED) is 0.566. The Kier molecular flexibility index (Phi) is 7.25. The van der Waals surface area contributed by atoms with Crippen LogP contribution in [0.15, 0.2) is 48.5 Å². The number of benzene rings is 2. The molecule has 1 saturated heterocycles. The molecule has 0 spiro atoms. The number of amides is 1. The number of likely N-dealkylation sites (tertiary alicyclic amines) is 1. The Hall–Kier alpha value is -2.86. The second-order valence-electron chi connectivity index (χ2n) is 7.42. The minimum atomic E-state index is -0.760. The van der Waals surface area contributed by atoms with Gasteiger partial charge in [-0.2, -0.15) is 0 Å². The van der Waals surface area contributed by atoms with E-state index < -0.39 is 6.16 Å². The molecule has 1 aliphatic rings. The number of carbonyl (C=O) groups is 2. The lowest BCUT2D eigenvalue weighted by molar-refractivity contribution is 0.102. The lowest BCUT2D eigenvalue weighted by Gasteiger charge is -2.30. The van der Waals surface area contributed by atoms with Gasteiger partial charge in [-0.3, -0.25) is 9.69 Å². The van der Waals surface area contributed by atoms with E-state index in [1.54, 1.807) is 31.2 Å². The molecule has 154 valence electrons. The van der Waals surface area contributed by atoms with E-state index >= 15 is 0 Å².